The molecule has 1 heterocycles. The Hall–Kier alpha value is -2.36. The highest BCUT2D eigenvalue weighted by Gasteiger charge is 2.37. The van der Waals surface area contributed by atoms with Crippen molar-refractivity contribution in [2.75, 3.05) is 0 Å². The highest BCUT2D eigenvalue weighted by Crippen LogP contribution is 2.47. The van der Waals surface area contributed by atoms with Crippen LogP contribution < -0.4 is 0 Å². The Labute approximate surface area is 155 Å². The lowest BCUT2D eigenvalue weighted by atomic mass is 9.62. The summed E-state index contributed by atoms with van der Waals surface area (Å²) in [5.74, 6) is -1.08. The van der Waals surface area contributed by atoms with Crippen LogP contribution in [0.4, 0.5) is 0 Å². The molecular weight excluding hydrogens is 324 g/mol. The second-order valence-electron chi connectivity index (χ2n) is 8.80. The average molecular weight is 352 g/mol. The summed E-state index contributed by atoms with van der Waals surface area (Å²) in [7, 11) is 0. The van der Waals surface area contributed by atoms with Crippen molar-refractivity contribution in [1.29, 1.82) is 0 Å². The second kappa shape index (κ2) is 6.11. The van der Waals surface area contributed by atoms with Gasteiger partial charge in [-0.2, -0.15) is 0 Å². The van der Waals surface area contributed by atoms with Gasteiger partial charge >= 0.3 is 5.97 Å². The first-order chi connectivity index (χ1) is 12.0. The fourth-order valence-corrected chi connectivity index (χ4v) is 3.98. The van der Waals surface area contributed by atoms with Gasteiger partial charge < -0.3 is 10.1 Å². The van der Waals surface area contributed by atoms with Crippen LogP contribution >= 0.6 is 0 Å². The number of fused-ring (bicyclic) bond motifs is 1. The highest BCUT2D eigenvalue weighted by atomic mass is 16.4. The number of aromatic nitrogens is 2. The van der Waals surface area contributed by atoms with Crippen molar-refractivity contribution < 1.29 is 9.90 Å². The Morgan fingerprint density at radius 3 is 2.27 bits per heavy atom. The van der Waals surface area contributed by atoms with Gasteiger partial charge in [0.1, 0.15) is 0 Å². The molecule has 2 N–H and O–H groups in total. The van der Waals surface area contributed by atoms with E-state index in [1.165, 1.54) is 35.1 Å². The van der Waals surface area contributed by atoms with E-state index >= 15 is 0 Å². The van der Waals surface area contributed by atoms with Crippen LogP contribution in [0.5, 0.6) is 0 Å². The summed E-state index contributed by atoms with van der Waals surface area (Å²) in [6, 6.07) is 4.68. The summed E-state index contributed by atoms with van der Waals surface area (Å²) in [4.78, 5) is 17.7. The number of carboxylic acid groups (broad SMARTS) is 1. The van der Waals surface area contributed by atoms with E-state index in [9.17, 15) is 4.79 Å². The summed E-state index contributed by atoms with van der Waals surface area (Å²) >= 11 is 0. The summed E-state index contributed by atoms with van der Waals surface area (Å²) in [6.45, 7) is 13.5. The van der Waals surface area contributed by atoms with Gasteiger partial charge in [0, 0.05) is 0 Å². The minimum Gasteiger partial charge on any atom is -0.475 e. The number of aromatic amines is 1. The molecule has 0 amide bonds. The third-order valence-corrected chi connectivity index (χ3v) is 5.79. The molecule has 0 unspecified atom stereocenters. The Balaban J connectivity index is 2.08. The van der Waals surface area contributed by atoms with Gasteiger partial charge in [-0.25, -0.2) is 9.78 Å². The standard InChI is InChI=1S/C22H28N2O2/c1-13(9-15-12-23-19(24-15)20(25)26)16-11-18-17(10-14(16)2)21(3,4)7-8-22(18,5)6/h9-12H,7-8H2,1-6H3,(H,23,24)(H,25,26)/b13-9-. The van der Waals surface area contributed by atoms with E-state index in [1.54, 1.807) is 6.20 Å². The number of allylic oxidation sites excluding steroid dienone is 1. The van der Waals surface area contributed by atoms with Crippen molar-refractivity contribution >= 4 is 17.6 Å². The SMILES string of the molecule is C/C(=C/c1cnc(C(=O)O)[nH]1)c1cc2c(cc1C)C(C)(C)CCC2(C)C. The molecule has 0 aliphatic heterocycles. The zero-order valence-corrected chi connectivity index (χ0v) is 16.5. The number of nitrogens with zero attached hydrogens (tertiary/aromatic N) is 1. The molecule has 4 heteroatoms. The number of rotatable bonds is 3. The van der Waals surface area contributed by atoms with Gasteiger partial charge in [0.25, 0.3) is 0 Å². The van der Waals surface area contributed by atoms with Gasteiger partial charge in [-0.1, -0.05) is 39.8 Å². The summed E-state index contributed by atoms with van der Waals surface area (Å²) in [5.41, 5.74) is 7.52. The predicted molar refractivity (Wildman–Crippen MR) is 106 cm³/mol. The second-order valence-corrected chi connectivity index (χ2v) is 8.80. The lowest BCUT2D eigenvalue weighted by Gasteiger charge is -2.42. The topological polar surface area (TPSA) is 66.0 Å². The molecule has 0 radical (unpaired) electrons. The Kier molecular flexibility index (Phi) is 4.33. The third kappa shape index (κ3) is 3.20. The minimum atomic E-state index is -1.05. The first-order valence-corrected chi connectivity index (χ1v) is 9.14. The number of hydrogen-bond donors (Lipinski definition) is 2. The summed E-state index contributed by atoms with van der Waals surface area (Å²) in [5, 5.41) is 9.02. The maximum atomic E-state index is 11.0. The molecule has 0 saturated carbocycles. The van der Waals surface area contributed by atoms with Crippen molar-refractivity contribution in [2.45, 2.75) is 65.2 Å². The quantitative estimate of drug-likeness (QED) is 0.785. The number of aryl methyl sites for hydroxylation is 1. The maximum Gasteiger partial charge on any atom is 0.371 e. The number of hydrogen-bond acceptors (Lipinski definition) is 2. The molecule has 0 fully saturated rings. The third-order valence-electron chi connectivity index (χ3n) is 5.79. The molecule has 26 heavy (non-hydrogen) atoms. The number of H-pyrrole nitrogens is 1. The Bertz CT molecular complexity index is 901. The molecule has 1 aromatic carbocycles. The maximum absolute atomic E-state index is 11.0. The zero-order chi connectivity index (χ0) is 19.3. The van der Waals surface area contributed by atoms with Crippen LogP contribution in [0, 0.1) is 6.92 Å². The van der Waals surface area contributed by atoms with Gasteiger partial charge in [-0.3, -0.25) is 0 Å². The van der Waals surface area contributed by atoms with Crippen LogP contribution in [-0.2, 0) is 10.8 Å². The van der Waals surface area contributed by atoms with Gasteiger partial charge in [-0.05, 0) is 71.4 Å². The van der Waals surface area contributed by atoms with Crippen LogP contribution in [0.15, 0.2) is 18.3 Å². The minimum absolute atomic E-state index is 0.0332. The van der Waals surface area contributed by atoms with Crippen molar-refractivity contribution in [3.63, 3.8) is 0 Å². The molecule has 138 valence electrons. The van der Waals surface area contributed by atoms with E-state index in [0.717, 1.165) is 5.57 Å². The molecule has 2 aromatic rings. The lowest BCUT2D eigenvalue weighted by molar-refractivity contribution is 0.0684. The van der Waals surface area contributed by atoms with Crippen LogP contribution in [0.3, 0.4) is 0 Å². The van der Waals surface area contributed by atoms with E-state index in [-0.39, 0.29) is 16.7 Å². The monoisotopic (exact) mass is 352 g/mol. The molecule has 0 atom stereocenters. The van der Waals surface area contributed by atoms with E-state index in [0.29, 0.717) is 5.69 Å². The molecule has 0 spiro atoms. The lowest BCUT2D eigenvalue weighted by Crippen LogP contribution is -2.34. The highest BCUT2D eigenvalue weighted by molar-refractivity contribution is 5.85. The number of nitrogens with one attached hydrogen (secondary N) is 1. The van der Waals surface area contributed by atoms with Gasteiger partial charge in [-0.15, -0.1) is 0 Å². The van der Waals surface area contributed by atoms with E-state index in [1.807, 2.05) is 6.08 Å². The first kappa shape index (κ1) is 18.4. The van der Waals surface area contributed by atoms with E-state index in [2.05, 4.69) is 63.6 Å². The summed E-state index contributed by atoms with van der Waals surface area (Å²) < 4.78 is 0. The van der Waals surface area contributed by atoms with E-state index < -0.39 is 5.97 Å². The molecule has 4 nitrogen and oxygen atoms in total. The van der Waals surface area contributed by atoms with Gasteiger partial charge in [0.05, 0.1) is 11.9 Å². The number of aromatic carboxylic acids is 1. The largest absolute Gasteiger partial charge is 0.475 e. The predicted octanol–water partition coefficient (Wildman–Crippen LogP) is 5.33. The van der Waals surface area contributed by atoms with Crippen molar-refractivity contribution in [1.82, 2.24) is 9.97 Å². The van der Waals surface area contributed by atoms with Crippen LogP contribution in [0.25, 0.3) is 11.6 Å². The summed E-state index contributed by atoms with van der Waals surface area (Å²) in [6.07, 6.45) is 5.91. The fourth-order valence-electron chi connectivity index (χ4n) is 3.98. The van der Waals surface area contributed by atoms with Gasteiger partial charge in [0.2, 0.25) is 5.82 Å². The van der Waals surface area contributed by atoms with Crippen LogP contribution in [0.1, 0.15) is 86.0 Å². The zero-order valence-electron chi connectivity index (χ0n) is 16.5. The number of carboxylic acids is 1. The number of imidazole rings is 1. The van der Waals surface area contributed by atoms with Crippen LogP contribution in [-0.4, -0.2) is 21.0 Å². The van der Waals surface area contributed by atoms with Crippen molar-refractivity contribution in [3.8, 4) is 0 Å². The van der Waals surface area contributed by atoms with E-state index in [4.69, 9.17) is 5.11 Å². The molecular formula is C22H28N2O2. The molecule has 3 rings (SSSR count). The molecule has 1 aliphatic carbocycles. The fraction of sp³-hybridized carbons (Fsp3) is 0.455. The molecule has 1 aliphatic rings. The smallest absolute Gasteiger partial charge is 0.371 e. The molecule has 1 aromatic heterocycles. The number of carbonyl (C=O) groups is 1. The van der Waals surface area contributed by atoms with Gasteiger partial charge in [0.15, 0.2) is 0 Å². The average Bonchev–Trinajstić information content (AvgIpc) is 3.00. The first-order valence-electron chi connectivity index (χ1n) is 9.14. The molecule has 0 bridgehead atoms. The Morgan fingerprint density at radius 1 is 1.15 bits per heavy atom. The molecule has 0 saturated heterocycles. The van der Waals surface area contributed by atoms with Crippen LogP contribution in [0.2, 0.25) is 0 Å². The number of benzene rings is 1. The Morgan fingerprint density at radius 2 is 1.73 bits per heavy atom. The van der Waals surface area contributed by atoms with Crippen molar-refractivity contribution in [2.24, 2.45) is 0 Å². The normalized spacial score (nSPS) is 18.5. The van der Waals surface area contributed by atoms with Crippen molar-refractivity contribution in [3.05, 3.63) is 52.1 Å².